The van der Waals surface area contributed by atoms with Gasteiger partial charge in [0.2, 0.25) is 0 Å². The van der Waals surface area contributed by atoms with Gasteiger partial charge in [0.1, 0.15) is 0 Å². The summed E-state index contributed by atoms with van der Waals surface area (Å²) < 4.78 is 0. The average Bonchev–Trinajstić information content (AvgIpc) is 3.02. The van der Waals surface area contributed by atoms with Crippen LogP contribution in [-0.2, 0) is 19.6 Å². The molecular weight excluding hydrogens is 262 g/mol. The maximum atomic E-state index is 4.40. The van der Waals surface area contributed by atoms with E-state index in [1.165, 1.54) is 0 Å². The molecule has 0 aliphatic carbocycles. The van der Waals surface area contributed by atoms with Gasteiger partial charge < -0.3 is 0 Å². The summed E-state index contributed by atoms with van der Waals surface area (Å²) in [5.41, 5.74) is 3.18. The number of pyridine rings is 2. The number of H-pyrrole nitrogens is 1. The number of aromatic nitrogens is 4. The molecule has 0 amide bonds. The Hall–Kier alpha value is -2.53. The van der Waals surface area contributed by atoms with Crippen LogP contribution in [0.3, 0.4) is 0 Å². The molecule has 3 aromatic rings. The van der Waals surface area contributed by atoms with Crippen LogP contribution in [-0.4, -0.2) is 25.1 Å². The Morgan fingerprint density at radius 1 is 0.762 bits per heavy atom. The van der Waals surface area contributed by atoms with Gasteiger partial charge in [-0.05, 0) is 30.3 Å². The van der Waals surface area contributed by atoms with Gasteiger partial charge in [0, 0.05) is 43.9 Å². The smallest absolute Gasteiger partial charge is 0.0544 e. The highest BCUT2D eigenvalue weighted by atomic mass is 15.2. The van der Waals surface area contributed by atoms with Crippen LogP contribution in [0.5, 0.6) is 0 Å². The third kappa shape index (κ3) is 3.97. The molecule has 5 nitrogen and oxygen atoms in total. The summed E-state index contributed by atoms with van der Waals surface area (Å²) in [6.07, 6.45) is 5.42. The molecule has 0 radical (unpaired) electrons. The maximum absolute atomic E-state index is 4.40. The van der Waals surface area contributed by atoms with E-state index < -0.39 is 0 Å². The summed E-state index contributed by atoms with van der Waals surface area (Å²) in [5.74, 6) is 0. The molecule has 0 saturated heterocycles. The van der Waals surface area contributed by atoms with Crippen LogP contribution < -0.4 is 0 Å². The van der Waals surface area contributed by atoms with Crippen LogP contribution >= 0.6 is 0 Å². The summed E-state index contributed by atoms with van der Waals surface area (Å²) in [5, 5.41) is 7.01. The van der Waals surface area contributed by atoms with Gasteiger partial charge in [-0.1, -0.05) is 12.1 Å². The van der Waals surface area contributed by atoms with Crippen molar-refractivity contribution >= 4 is 0 Å². The fourth-order valence-electron chi connectivity index (χ4n) is 2.22. The van der Waals surface area contributed by atoms with Crippen molar-refractivity contribution in [3.05, 3.63) is 78.1 Å². The summed E-state index contributed by atoms with van der Waals surface area (Å²) in [4.78, 5) is 11.1. The molecular formula is C16H17N5. The van der Waals surface area contributed by atoms with Crippen LogP contribution in [0, 0.1) is 0 Å². The third-order valence-corrected chi connectivity index (χ3v) is 3.18. The molecule has 5 heteroatoms. The molecule has 3 aromatic heterocycles. The lowest BCUT2D eigenvalue weighted by molar-refractivity contribution is 0.238. The SMILES string of the molecule is c1ccc(CN(Cc2ccccn2)Cc2ccn[nH]2)nc1. The summed E-state index contributed by atoms with van der Waals surface area (Å²) in [7, 11) is 0. The largest absolute Gasteiger partial charge is 0.286 e. The highest BCUT2D eigenvalue weighted by Gasteiger charge is 2.10. The standard InChI is InChI=1S/C16H17N5/c1-3-8-17-14(5-1)11-21(13-16-7-10-19-20-16)12-15-6-2-4-9-18-15/h1-10H,11-13H2,(H,19,20). The minimum Gasteiger partial charge on any atom is -0.286 e. The third-order valence-electron chi connectivity index (χ3n) is 3.18. The fourth-order valence-corrected chi connectivity index (χ4v) is 2.22. The van der Waals surface area contributed by atoms with E-state index in [2.05, 4.69) is 25.1 Å². The number of aromatic amines is 1. The molecule has 0 bridgehead atoms. The van der Waals surface area contributed by atoms with E-state index in [4.69, 9.17) is 0 Å². The second-order valence-electron chi connectivity index (χ2n) is 4.87. The van der Waals surface area contributed by atoms with Crippen molar-refractivity contribution in [2.24, 2.45) is 0 Å². The van der Waals surface area contributed by atoms with Crippen LogP contribution in [0.25, 0.3) is 0 Å². The van der Waals surface area contributed by atoms with Crippen molar-refractivity contribution in [1.29, 1.82) is 0 Å². The summed E-state index contributed by atoms with van der Waals surface area (Å²) >= 11 is 0. The van der Waals surface area contributed by atoms with E-state index in [0.29, 0.717) is 0 Å². The van der Waals surface area contributed by atoms with E-state index in [1.54, 1.807) is 6.20 Å². The molecule has 0 atom stereocenters. The predicted molar refractivity (Wildman–Crippen MR) is 80.0 cm³/mol. The average molecular weight is 279 g/mol. The molecule has 0 spiro atoms. The first-order chi connectivity index (χ1) is 10.4. The van der Waals surface area contributed by atoms with Crippen molar-refractivity contribution in [2.45, 2.75) is 19.6 Å². The van der Waals surface area contributed by atoms with Crippen molar-refractivity contribution < 1.29 is 0 Å². The predicted octanol–water partition coefficient (Wildman–Crippen LogP) is 2.40. The first kappa shape index (κ1) is 13.5. The van der Waals surface area contributed by atoms with Gasteiger partial charge >= 0.3 is 0 Å². The number of nitrogens with one attached hydrogen (secondary N) is 1. The zero-order chi connectivity index (χ0) is 14.3. The lowest BCUT2D eigenvalue weighted by atomic mass is 10.2. The zero-order valence-electron chi connectivity index (χ0n) is 11.7. The van der Waals surface area contributed by atoms with Crippen LogP contribution in [0.1, 0.15) is 17.1 Å². The Labute approximate surface area is 123 Å². The Morgan fingerprint density at radius 2 is 1.43 bits per heavy atom. The van der Waals surface area contributed by atoms with E-state index in [1.807, 2.05) is 54.9 Å². The van der Waals surface area contributed by atoms with E-state index in [9.17, 15) is 0 Å². The first-order valence-corrected chi connectivity index (χ1v) is 6.90. The fraction of sp³-hybridized carbons (Fsp3) is 0.188. The quantitative estimate of drug-likeness (QED) is 0.752. The van der Waals surface area contributed by atoms with Gasteiger partial charge in [-0.25, -0.2) is 0 Å². The Morgan fingerprint density at radius 3 is 1.90 bits per heavy atom. The van der Waals surface area contributed by atoms with Crippen LogP contribution in [0.4, 0.5) is 0 Å². The molecule has 0 fully saturated rings. The maximum Gasteiger partial charge on any atom is 0.0544 e. The summed E-state index contributed by atoms with van der Waals surface area (Å²) in [6.45, 7) is 2.33. The monoisotopic (exact) mass is 279 g/mol. The summed E-state index contributed by atoms with van der Waals surface area (Å²) in [6, 6.07) is 14.0. The zero-order valence-corrected chi connectivity index (χ0v) is 11.7. The lowest BCUT2D eigenvalue weighted by Crippen LogP contribution is -2.23. The topological polar surface area (TPSA) is 57.7 Å². The molecule has 0 aliphatic rings. The highest BCUT2D eigenvalue weighted by Crippen LogP contribution is 2.10. The van der Waals surface area contributed by atoms with Gasteiger partial charge in [0.15, 0.2) is 0 Å². The number of hydrogen-bond acceptors (Lipinski definition) is 4. The normalized spacial score (nSPS) is 10.9. The Bertz CT molecular complexity index is 595. The molecule has 0 unspecified atom stereocenters. The van der Waals surface area contributed by atoms with Crippen molar-refractivity contribution in [2.75, 3.05) is 0 Å². The molecule has 1 N–H and O–H groups in total. The molecule has 106 valence electrons. The molecule has 0 aromatic carbocycles. The van der Waals surface area contributed by atoms with Crippen LogP contribution in [0.2, 0.25) is 0 Å². The van der Waals surface area contributed by atoms with Gasteiger partial charge in [0.25, 0.3) is 0 Å². The van der Waals surface area contributed by atoms with Gasteiger partial charge in [-0.3, -0.25) is 20.0 Å². The molecule has 0 saturated carbocycles. The highest BCUT2D eigenvalue weighted by molar-refractivity contribution is 5.07. The van der Waals surface area contributed by atoms with Crippen LogP contribution in [0.15, 0.2) is 61.1 Å². The molecule has 0 aliphatic heterocycles. The Kier molecular flexibility index (Phi) is 4.33. The van der Waals surface area contributed by atoms with Gasteiger partial charge in [-0.2, -0.15) is 5.10 Å². The van der Waals surface area contributed by atoms with E-state index in [-0.39, 0.29) is 0 Å². The second kappa shape index (κ2) is 6.76. The Balaban J connectivity index is 1.74. The van der Waals surface area contributed by atoms with E-state index >= 15 is 0 Å². The van der Waals surface area contributed by atoms with Gasteiger partial charge in [0.05, 0.1) is 11.4 Å². The molecule has 3 heterocycles. The van der Waals surface area contributed by atoms with E-state index in [0.717, 1.165) is 36.7 Å². The van der Waals surface area contributed by atoms with Gasteiger partial charge in [-0.15, -0.1) is 0 Å². The number of nitrogens with zero attached hydrogens (tertiary/aromatic N) is 4. The lowest BCUT2D eigenvalue weighted by Gasteiger charge is -2.20. The number of rotatable bonds is 6. The van der Waals surface area contributed by atoms with Crippen molar-refractivity contribution in [3.63, 3.8) is 0 Å². The van der Waals surface area contributed by atoms with Crippen molar-refractivity contribution in [1.82, 2.24) is 25.1 Å². The molecule has 21 heavy (non-hydrogen) atoms. The minimum absolute atomic E-state index is 0.774. The number of hydrogen-bond donors (Lipinski definition) is 1. The second-order valence-corrected chi connectivity index (χ2v) is 4.87. The minimum atomic E-state index is 0.774. The van der Waals surface area contributed by atoms with Crippen molar-refractivity contribution in [3.8, 4) is 0 Å². The molecule has 3 rings (SSSR count). The first-order valence-electron chi connectivity index (χ1n) is 6.90.